The van der Waals surface area contributed by atoms with Crippen molar-refractivity contribution in [2.45, 2.75) is 79.3 Å². The summed E-state index contributed by atoms with van der Waals surface area (Å²) in [5.74, 6) is 2.74. The van der Waals surface area contributed by atoms with Crippen molar-refractivity contribution in [2.75, 3.05) is 7.11 Å². The third kappa shape index (κ3) is 6.93. The topological polar surface area (TPSA) is 38.7 Å². The summed E-state index contributed by atoms with van der Waals surface area (Å²) in [4.78, 5) is 0. The maximum atomic E-state index is 10.7. The van der Waals surface area contributed by atoms with E-state index in [4.69, 9.17) is 9.47 Å². The van der Waals surface area contributed by atoms with Gasteiger partial charge >= 0.3 is 0 Å². The van der Waals surface area contributed by atoms with Gasteiger partial charge in [-0.3, -0.25) is 0 Å². The average molecular weight is 417 g/mol. The first kappa shape index (κ1) is 25.1. The number of ether oxygens (including phenoxy) is 2. The molecule has 0 amide bonds. The molecule has 0 unspecified atom stereocenters. The molecule has 170 valence electrons. The lowest BCUT2D eigenvalue weighted by molar-refractivity contribution is -0.134. The van der Waals surface area contributed by atoms with Crippen LogP contribution in [0.2, 0.25) is 0 Å². The second-order valence-electron chi connectivity index (χ2n) is 9.79. The molecule has 0 radical (unpaired) electrons. The smallest absolute Gasteiger partial charge is 0.157 e. The Morgan fingerprint density at radius 3 is 2.33 bits per heavy atom. The first-order valence-corrected chi connectivity index (χ1v) is 11.8. The molecule has 0 aromatic heterocycles. The van der Waals surface area contributed by atoms with Gasteiger partial charge in [-0.05, 0) is 48.0 Å². The van der Waals surface area contributed by atoms with Crippen molar-refractivity contribution in [1.29, 1.82) is 0 Å². The number of hydrogen-bond acceptors (Lipinski definition) is 3. The van der Waals surface area contributed by atoms with Gasteiger partial charge in [0.1, 0.15) is 0 Å². The molecule has 0 spiro atoms. The maximum Gasteiger partial charge on any atom is 0.157 e. The van der Waals surface area contributed by atoms with Crippen molar-refractivity contribution < 1.29 is 14.6 Å². The van der Waals surface area contributed by atoms with Crippen LogP contribution in [0.1, 0.15) is 59.9 Å². The second kappa shape index (κ2) is 12.0. The van der Waals surface area contributed by atoms with E-state index in [2.05, 4.69) is 78.0 Å². The van der Waals surface area contributed by atoms with Crippen molar-refractivity contribution in [1.82, 2.24) is 0 Å². The molecule has 1 aliphatic rings. The highest BCUT2D eigenvalue weighted by atomic mass is 16.7. The molecule has 0 aliphatic carbocycles. The summed E-state index contributed by atoms with van der Waals surface area (Å²) in [6.45, 7) is 13.6. The van der Waals surface area contributed by atoms with E-state index in [9.17, 15) is 5.11 Å². The minimum Gasteiger partial charge on any atom is -0.389 e. The number of hydrogen-bond donors (Lipinski definition) is 1. The molecule has 3 nitrogen and oxygen atoms in total. The van der Waals surface area contributed by atoms with Gasteiger partial charge in [0.2, 0.25) is 0 Å². The molecule has 30 heavy (non-hydrogen) atoms. The zero-order valence-electron chi connectivity index (χ0n) is 20.1. The summed E-state index contributed by atoms with van der Waals surface area (Å²) < 4.78 is 11.3. The first-order chi connectivity index (χ1) is 14.2. The molecule has 1 N–H and O–H groups in total. The van der Waals surface area contributed by atoms with Crippen molar-refractivity contribution >= 4 is 0 Å². The lowest BCUT2D eigenvalue weighted by Crippen LogP contribution is -2.32. The molecule has 1 aromatic rings. The molecule has 9 atom stereocenters. The molecule has 3 heteroatoms. The minimum atomic E-state index is -0.492. The van der Waals surface area contributed by atoms with Crippen LogP contribution in [-0.2, 0) is 15.9 Å². The fourth-order valence-electron chi connectivity index (χ4n) is 4.73. The highest BCUT2D eigenvalue weighted by Crippen LogP contribution is 2.34. The second-order valence-corrected chi connectivity index (χ2v) is 9.79. The van der Waals surface area contributed by atoms with Gasteiger partial charge < -0.3 is 14.6 Å². The third-order valence-corrected chi connectivity index (χ3v) is 7.65. The Morgan fingerprint density at radius 2 is 1.73 bits per heavy atom. The predicted octanol–water partition coefficient (Wildman–Crippen LogP) is 6.11. The first-order valence-electron chi connectivity index (χ1n) is 11.8. The van der Waals surface area contributed by atoms with Gasteiger partial charge in [-0.25, -0.2) is 0 Å². The highest BCUT2D eigenvalue weighted by Gasteiger charge is 2.37. The number of aliphatic hydroxyl groups is 1. The van der Waals surface area contributed by atoms with E-state index in [1.807, 2.05) is 6.08 Å². The molecule has 1 fully saturated rings. The normalized spacial score (nSPS) is 28.2. The van der Waals surface area contributed by atoms with Crippen LogP contribution >= 0.6 is 0 Å². The zero-order chi connectivity index (χ0) is 22.3. The summed E-state index contributed by atoms with van der Waals surface area (Å²) in [6, 6.07) is 10.8. The Hall–Kier alpha value is -1.16. The van der Waals surface area contributed by atoms with E-state index in [-0.39, 0.29) is 18.3 Å². The molecule has 0 saturated carbocycles. The lowest BCUT2D eigenvalue weighted by Gasteiger charge is -2.30. The van der Waals surface area contributed by atoms with Crippen LogP contribution in [0, 0.1) is 35.5 Å². The Balaban J connectivity index is 1.84. The minimum absolute atomic E-state index is 0.0410. The van der Waals surface area contributed by atoms with Crippen molar-refractivity contribution in [2.24, 2.45) is 35.5 Å². The van der Waals surface area contributed by atoms with Crippen LogP contribution in [0.4, 0.5) is 0 Å². The predicted molar refractivity (Wildman–Crippen MR) is 125 cm³/mol. The van der Waals surface area contributed by atoms with E-state index in [1.54, 1.807) is 7.11 Å². The van der Waals surface area contributed by atoms with E-state index in [0.717, 1.165) is 12.8 Å². The van der Waals surface area contributed by atoms with Crippen LogP contribution in [0.3, 0.4) is 0 Å². The van der Waals surface area contributed by atoms with Gasteiger partial charge in [0.05, 0.1) is 12.2 Å². The van der Waals surface area contributed by atoms with Crippen molar-refractivity contribution in [3.05, 3.63) is 48.0 Å². The number of allylic oxidation sites excluding steroid dienone is 1. The fourth-order valence-corrected chi connectivity index (χ4v) is 4.73. The van der Waals surface area contributed by atoms with Crippen LogP contribution in [0.25, 0.3) is 0 Å². The van der Waals surface area contributed by atoms with Gasteiger partial charge in [0.25, 0.3) is 0 Å². The van der Waals surface area contributed by atoms with Crippen LogP contribution in [0.5, 0.6) is 0 Å². The Morgan fingerprint density at radius 1 is 1.07 bits per heavy atom. The van der Waals surface area contributed by atoms with E-state index in [1.165, 1.54) is 12.0 Å². The van der Waals surface area contributed by atoms with Crippen molar-refractivity contribution in [3.8, 4) is 0 Å². The highest BCUT2D eigenvalue weighted by molar-refractivity contribution is 5.14. The van der Waals surface area contributed by atoms with Crippen molar-refractivity contribution in [3.63, 3.8) is 0 Å². The number of aryl methyl sites for hydroxylation is 1. The zero-order valence-corrected chi connectivity index (χ0v) is 20.1. The average Bonchev–Trinajstić information content (AvgIpc) is 3.15. The van der Waals surface area contributed by atoms with Crippen LogP contribution < -0.4 is 0 Å². The summed E-state index contributed by atoms with van der Waals surface area (Å²) in [5.41, 5.74) is 1.42. The Bertz CT molecular complexity index is 628. The van der Waals surface area contributed by atoms with E-state index < -0.39 is 6.10 Å². The summed E-state index contributed by atoms with van der Waals surface area (Å²) >= 11 is 0. The SMILES string of the molecule is CO[C@@H]1C[C@@H](C)[C@H]([C@@H](C)[C@H](O)/C=C/[C@H](C)[C@H](C)[C@H](C)[C@@H](C)CCc2ccccc2)O1. The lowest BCUT2D eigenvalue weighted by atomic mass is 9.76. The summed E-state index contributed by atoms with van der Waals surface area (Å²) in [6.07, 6.45) is 6.86. The van der Waals surface area contributed by atoms with E-state index >= 15 is 0 Å². The van der Waals surface area contributed by atoms with Gasteiger partial charge in [0, 0.05) is 19.4 Å². The fraction of sp³-hybridized carbons (Fsp3) is 0.704. The monoisotopic (exact) mass is 416 g/mol. The standard InChI is InChI=1S/C27H44O3/c1-18(13-15-24-11-9-8-10-12-24)21(4)22(5)19(2)14-16-25(28)23(6)27-20(3)17-26(29-7)30-27/h8-12,14,16,18-23,25-28H,13,15,17H2,1-7H3/b16-14+/t18-,19-,20+,21+,22-,23-,25+,26-,27+/m0/s1. The summed E-state index contributed by atoms with van der Waals surface area (Å²) in [7, 11) is 1.69. The molecule has 2 rings (SSSR count). The quantitative estimate of drug-likeness (QED) is 0.442. The number of benzene rings is 1. The van der Waals surface area contributed by atoms with Gasteiger partial charge in [-0.1, -0.05) is 84.0 Å². The number of methoxy groups -OCH3 is 1. The largest absolute Gasteiger partial charge is 0.389 e. The third-order valence-electron chi connectivity index (χ3n) is 7.65. The van der Waals surface area contributed by atoms with Gasteiger partial charge in [-0.15, -0.1) is 0 Å². The molecule has 1 heterocycles. The molecule has 0 bridgehead atoms. The van der Waals surface area contributed by atoms with Crippen LogP contribution in [0.15, 0.2) is 42.5 Å². The number of rotatable bonds is 11. The molecule has 1 aromatic carbocycles. The Kier molecular flexibility index (Phi) is 10.1. The maximum absolute atomic E-state index is 10.7. The summed E-state index contributed by atoms with van der Waals surface area (Å²) in [5, 5.41) is 10.7. The van der Waals surface area contributed by atoms with Gasteiger partial charge in [0.15, 0.2) is 6.29 Å². The van der Waals surface area contributed by atoms with Crippen LogP contribution in [-0.4, -0.2) is 30.7 Å². The van der Waals surface area contributed by atoms with E-state index in [0.29, 0.717) is 29.6 Å². The number of aliphatic hydroxyl groups excluding tert-OH is 1. The molecular weight excluding hydrogens is 372 g/mol. The molecular formula is C27H44O3. The van der Waals surface area contributed by atoms with Gasteiger partial charge in [-0.2, -0.15) is 0 Å². The Labute approximate surface area is 184 Å². The molecule has 1 aliphatic heterocycles. The molecule has 1 saturated heterocycles.